The zero-order valence-electron chi connectivity index (χ0n) is 18.8. The number of amides is 1. The van der Waals surface area contributed by atoms with E-state index in [1.165, 1.54) is 5.56 Å². The molecule has 1 fully saturated rings. The number of carbonyl (C=O) groups is 1. The maximum atomic E-state index is 12.1. The molecule has 0 aliphatic carbocycles. The molecule has 1 aromatic carbocycles. The Morgan fingerprint density at radius 3 is 2.65 bits per heavy atom. The minimum absolute atomic E-state index is 0. The van der Waals surface area contributed by atoms with E-state index in [1.54, 1.807) is 0 Å². The van der Waals surface area contributed by atoms with Crippen LogP contribution in [0.1, 0.15) is 60.5 Å². The Kier molecular flexibility index (Phi) is 10.3. The molecule has 1 saturated heterocycles. The highest BCUT2D eigenvalue weighted by atomic mass is 127. The largest absolute Gasteiger partial charge is 0.357 e. The molecule has 0 radical (unpaired) electrons. The molecule has 8 heteroatoms. The highest BCUT2D eigenvalue weighted by Crippen LogP contribution is 2.26. The van der Waals surface area contributed by atoms with Gasteiger partial charge in [-0.25, -0.2) is 4.99 Å². The molecule has 1 aliphatic rings. The number of hydrogen-bond acceptors (Lipinski definition) is 3. The number of benzene rings is 1. The van der Waals surface area contributed by atoms with Gasteiger partial charge in [0.25, 0.3) is 5.91 Å². The summed E-state index contributed by atoms with van der Waals surface area (Å²) in [6, 6.07) is 7.75. The van der Waals surface area contributed by atoms with Crippen molar-refractivity contribution in [2.45, 2.75) is 45.6 Å². The van der Waals surface area contributed by atoms with Gasteiger partial charge in [0, 0.05) is 50.9 Å². The van der Waals surface area contributed by atoms with E-state index >= 15 is 0 Å². The molecule has 170 valence electrons. The topological polar surface area (TPSA) is 74.6 Å². The van der Waals surface area contributed by atoms with Gasteiger partial charge in [-0.05, 0) is 43.0 Å². The standard InChI is InChI=1S/C23H34N6O.HI/c1-4-6-12-25-22(30)19-9-7-18(8-10-19)14-26-23(24-5-2)29-13-11-20(17-29)21-15-27-28(3)16-21;/h7-10,15-16,20H,4-6,11-14,17H2,1-3H3,(H,24,26)(H,25,30);1H. The fraction of sp³-hybridized carbons (Fsp3) is 0.522. The summed E-state index contributed by atoms with van der Waals surface area (Å²) in [6.07, 6.45) is 7.27. The number of guanidine groups is 1. The molecule has 7 nitrogen and oxygen atoms in total. The van der Waals surface area contributed by atoms with E-state index in [9.17, 15) is 4.79 Å². The summed E-state index contributed by atoms with van der Waals surface area (Å²) in [5, 5.41) is 10.7. The third kappa shape index (κ3) is 7.22. The van der Waals surface area contributed by atoms with Crippen LogP contribution >= 0.6 is 24.0 Å². The van der Waals surface area contributed by atoms with E-state index in [1.807, 2.05) is 42.2 Å². The quantitative estimate of drug-likeness (QED) is 0.234. The molecule has 31 heavy (non-hydrogen) atoms. The molecule has 0 spiro atoms. The fourth-order valence-electron chi connectivity index (χ4n) is 3.71. The van der Waals surface area contributed by atoms with Gasteiger partial charge in [0.15, 0.2) is 5.96 Å². The Labute approximate surface area is 202 Å². The van der Waals surface area contributed by atoms with Crippen molar-refractivity contribution in [2.24, 2.45) is 12.0 Å². The van der Waals surface area contributed by atoms with Crippen molar-refractivity contribution in [2.75, 3.05) is 26.2 Å². The average molecular weight is 538 g/mol. The second kappa shape index (κ2) is 12.7. The smallest absolute Gasteiger partial charge is 0.251 e. The van der Waals surface area contributed by atoms with Crippen LogP contribution in [0.4, 0.5) is 0 Å². The third-order valence-corrected chi connectivity index (χ3v) is 5.46. The van der Waals surface area contributed by atoms with Crippen molar-refractivity contribution >= 4 is 35.8 Å². The van der Waals surface area contributed by atoms with Gasteiger partial charge < -0.3 is 15.5 Å². The lowest BCUT2D eigenvalue weighted by atomic mass is 10.0. The van der Waals surface area contributed by atoms with Crippen molar-refractivity contribution in [3.8, 4) is 0 Å². The van der Waals surface area contributed by atoms with Crippen LogP contribution in [-0.4, -0.2) is 52.7 Å². The van der Waals surface area contributed by atoms with Gasteiger partial charge in [0.1, 0.15) is 0 Å². The molecule has 1 aliphatic heterocycles. The zero-order chi connectivity index (χ0) is 21.3. The highest BCUT2D eigenvalue weighted by molar-refractivity contribution is 14.0. The Morgan fingerprint density at radius 1 is 1.23 bits per heavy atom. The number of hydrogen-bond donors (Lipinski definition) is 2. The summed E-state index contributed by atoms with van der Waals surface area (Å²) < 4.78 is 1.87. The molecule has 1 aromatic heterocycles. The summed E-state index contributed by atoms with van der Waals surface area (Å²) in [5.74, 6) is 1.43. The molecule has 1 amide bonds. The molecule has 0 bridgehead atoms. The minimum Gasteiger partial charge on any atom is -0.357 e. The molecule has 2 N–H and O–H groups in total. The first-order valence-electron chi connectivity index (χ1n) is 11.0. The SMILES string of the molecule is CCCCNC(=O)c1ccc(CN=C(NCC)N2CCC(c3cnn(C)c3)C2)cc1.I. The number of nitrogens with zero attached hydrogens (tertiary/aromatic N) is 4. The molecule has 2 heterocycles. The predicted octanol–water partition coefficient (Wildman–Crippen LogP) is 3.52. The number of rotatable bonds is 8. The number of aryl methyl sites for hydroxylation is 1. The average Bonchev–Trinajstić information content (AvgIpc) is 3.41. The van der Waals surface area contributed by atoms with Gasteiger partial charge in [-0.1, -0.05) is 25.5 Å². The van der Waals surface area contributed by atoms with Crippen LogP contribution in [0.2, 0.25) is 0 Å². The third-order valence-electron chi connectivity index (χ3n) is 5.46. The normalized spacial score (nSPS) is 16.2. The Morgan fingerprint density at radius 2 is 2.00 bits per heavy atom. The van der Waals surface area contributed by atoms with Gasteiger partial charge in [-0.15, -0.1) is 24.0 Å². The number of aliphatic imine (C=N–C) groups is 1. The van der Waals surface area contributed by atoms with Crippen molar-refractivity contribution in [3.05, 3.63) is 53.3 Å². The highest BCUT2D eigenvalue weighted by Gasteiger charge is 2.26. The number of halogens is 1. The van der Waals surface area contributed by atoms with E-state index in [-0.39, 0.29) is 29.9 Å². The van der Waals surface area contributed by atoms with E-state index in [4.69, 9.17) is 4.99 Å². The van der Waals surface area contributed by atoms with Crippen LogP contribution in [0.25, 0.3) is 0 Å². The summed E-state index contributed by atoms with van der Waals surface area (Å²) >= 11 is 0. The molecule has 2 aromatic rings. The van der Waals surface area contributed by atoms with Crippen molar-refractivity contribution in [3.63, 3.8) is 0 Å². The minimum atomic E-state index is -0.00893. The maximum absolute atomic E-state index is 12.1. The van der Waals surface area contributed by atoms with E-state index in [0.717, 1.165) is 57.0 Å². The summed E-state index contributed by atoms with van der Waals surface area (Å²) in [6.45, 7) is 8.30. The summed E-state index contributed by atoms with van der Waals surface area (Å²) in [4.78, 5) is 19.3. The molecule has 3 rings (SSSR count). The number of likely N-dealkylation sites (tertiary alicyclic amines) is 1. The van der Waals surface area contributed by atoms with E-state index in [0.29, 0.717) is 18.0 Å². The Hall–Kier alpha value is -2.10. The van der Waals surface area contributed by atoms with Crippen molar-refractivity contribution in [1.82, 2.24) is 25.3 Å². The number of unbranched alkanes of at least 4 members (excludes halogenated alkanes) is 1. The van der Waals surface area contributed by atoms with Gasteiger partial charge in [0.2, 0.25) is 0 Å². The van der Waals surface area contributed by atoms with Crippen LogP contribution in [0.15, 0.2) is 41.7 Å². The fourth-order valence-corrected chi connectivity index (χ4v) is 3.71. The predicted molar refractivity (Wildman–Crippen MR) is 136 cm³/mol. The molecule has 0 saturated carbocycles. The van der Waals surface area contributed by atoms with Crippen molar-refractivity contribution in [1.29, 1.82) is 0 Å². The summed E-state index contributed by atoms with van der Waals surface area (Å²) in [7, 11) is 1.96. The first-order valence-corrected chi connectivity index (χ1v) is 11.0. The van der Waals surface area contributed by atoms with Gasteiger partial charge in [0.05, 0.1) is 12.7 Å². The maximum Gasteiger partial charge on any atom is 0.251 e. The molecular weight excluding hydrogens is 503 g/mol. The van der Waals surface area contributed by atoms with Crippen LogP contribution in [0.3, 0.4) is 0 Å². The lowest BCUT2D eigenvalue weighted by Crippen LogP contribution is -2.40. The Bertz CT molecular complexity index is 848. The first-order chi connectivity index (χ1) is 14.6. The van der Waals surface area contributed by atoms with Crippen LogP contribution in [-0.2, 0) is 13.6 Å². The van der Waals surface area contributed by atoms with Gasteiger partial charge in [-0.2, -0.15) is 5.10 Å². The number of nitrogens with one attached hydrogen (secondary N) is 2. The lowest BCUT2D eigenvalue weighted by Gasteiger charge is -2.21. The van der Waals surface area contributed by atoms with Crippen molar-refractivity contribution < 1.29 is 4.79 Å². The monoisotopic (exact) mass is 538 g/mol. The van der Waals surface area contributed by atoms with E-state index < -0.39 is 0 Å². The molecule has 1 atom stereocenters. The van der Waals surface area contributed by atoms with Crippen LogP contribution in [0, 0.1) is 0 Å². The molecule has 1 unspecified atom stereocenters. The van der Waals surface area contributed by atoms with Crippen LogP contribution < -0.4 is 10.6 Å². The zero-order valence-corrected chi connectivity index (χ0v) is 21.1. The number of carbonyl (C=O) groups excluding carboxylic acids is 1. The van der Waals surface area contributed by atoms with Crippen LogP contribution in [0.5, 0.6) is 0 Å². The first kappa shape index (κ1) is 25.2. The van der Waals surface area contributed by atoms with E-state index in [2.05, 4.69) is 40.7 Å². The second-order valence-corrected chi connectivity index (χ2v) is 7.86. The molecular formula is C23H35IN6O. The number of aromatic nitrogens is 2. The van der Waals surface area contributed by atoms with Gasteiger partial charge in [-0.3, -0.25) is 9.48 Å². The lowest BCUT2D eigenvalue weighted by molar-refractivity contribution is 0.0953. The summed E-state index contributed by atoms with van der Waals surface area (Å²) in [5.41, 5.74) is 3.09. The van der Waals surface area contributed by atoms with Gasteiger partial charge >= 0.3 is 0 Å². The second-order valence-electron chi connectivity index (χ2n) is 7.86. The Balaban J connectivity index is 0.00000341.